The van der Waals surface area contributed by atoms with Crippen LogP contribution in [0.15, 0.2) is 4.99 Å². The van der Waals surface area contributed by atoms with Gasteiger partial charge in [0.05, 0.1) is 6.04 Å². The van der Waals surface area contributed by atoms with Crippen molar-refractivity contribution in [2.75, 3.05) is 6.54 Å². The number of carbonyl (C=O) groups is 4. The van der Waals surface area contributed by atoms with Gasteiger partial charge in [0.1, 0.15) is 18.1 Å². The Labute approximate surface area is 208 Å². The molecule has 202 valence electrons. The molecule has 0 aromatic carbocycles. The third kappa shape index (κ3) is 13.5. The van der Waals surface area contributed by atoms with Crippen LogP contribution in [0.2, 0.25) is 0 Å². The lowest BCUT2D eigenvalue weighted by Gasteiger charge is -2.27. The first-order valence-corrected chi connectivity index (χ1v) is 12.1. The Hall–Kier alpha value is -2.89. The van der Waals surface area contributed by atoms with Crippen molar-refractivity contribution in [3.8, 4) is 0 Å². The van der Waals surface area contributed by atoms with Crippen molar-refractivity contribution in [2.24, 2.45) is 39.9 Å². The van der Waals surface area contributed by atoms with E-state index < -0.39 is 47.9 Å². The van der Waals surface area contributed by atoms with Gasteiger partial charge in [0.2, 0.25) is 17.7 Å². The first kappa shape index (κ1) is 32.1. The third-order valence-corrected chi connectivity index (χ3v) is 5.26. The van der Waals surface area contributed by atoms with Crippen LogP contribution in [0.25, 0.3) is 0 Å². The van der Waals surface area contributed by atoms with Crippen molar-refractivity contribution in [3.05, 3.63) is 0 Å². The van der Waals surface area contributed by atoms with Crippen LogP contribution in [-0.4, -0.2) is 65.5 Å². The van der Waals surface area contributed by atoms with Gasteiger partial charge in [-0.1, -0.05) is 41.5 Å². The van der Waals surface area contributed by atoms with Gasteiger partial charge in [-0.2, -0.15) is 0 Å². The van der Waals surface area contributed by atoms with Gasteiger partial charge < -0.3 is 38.3 Å². The van der Waals surface area contributed by atoms with E-state index in [4.69, 9.17) is 17.2 Å². The average molecular weight is 500 g/mol. The van der Waals surface area contributed by atoms with E-state index in [2.05, 4.69) is 20.9 Å². The highest BCUT2D eigenvalue weighted by molar-refractivity contribution is 5.94. The first-order chi connectivity index (χ1) is 16.1. The molecule has 0 aromatic rings. The minimum absolute atomic E-state index is 0.0312. The quantitative estimate of drug-likeness (QED) is 0.0844. The van der Waals surface area contributed by atoms with Crippen LogP contribution >= 0.6 is 0 Å². The average Bonchev–Trinajstić information content (AvgIpc) is 2.72. The lowest BCUT2D eigenvalue weighted by Crippen LogP contribution is -2.58. The SMILES string of the molecule is CC(C)CC(NC(=O)C(CC(C)C)NC(=O)C(N)C(C)C)C(=O)NC(CCCN=C(N)N)C(=O)O. The summed E-state index contributed by atoms with van der Waals surface area (Å²) in [6.45, 7) is 11.4. The number of nitrogens with one attached hydrogen (secondary N) is 3. The van der Waals surface area contributed by atoms with E-state index in [0.29, 0.717) is 12.8 Å². The van der Waals surface area contributed by atoms with Crippen LogP contribution < -0.4 is 33.2 Å². The topological polar surface area (TPSA) is 215 Å². The predicted molar refractivity (Wildman–Crippen MR) is 135 cm³/mol. The molecule has 12 nitrogen and oxygen atoms in total. The Morgan fingerprint density at radius 3 is 1.57 bits per heavy atom. The summed E-state index contributed by atoms with van der Waals surface area (Å²) in [5.74, 6) is -2.89. The van der Waals surface area contributed by atoms with Crippen LogP contribution in [0.4, 0.5) is 0 Å². The molecule has 0 aliphatic carbocycles. The molecule has 0 saturated carbocycles. The van der Waals surface area contributed by atoms with Crippen molar-refractivity contribution < 1.29 is 24.3 Å². The number of nitrogens with two attached hydrogens (primary N) is 3. The molecule has 0 aromatic heterocycles. The second-order valence-electron chi connectivity index (χ2n) is 10.00. The molecule has 0 heterocycles. The van der Waals surface area contributed by atoms with Gasteiger partial charge in [0.25, 0.3) is 0 Å². The molecule has 3 amide bonds. The van der Waals surface area contributed by atoms with Gasteiger partial charge in [-0.25, -0.2) is 4.79 Å². The predicted octanol–water partition coefficient (Wildman–Crippen LogP) is -0.345. The molecule has 0 saturated heterocycles. The van der Waals surface area contributed by atoms with E-state index in [1.54, 1.807) is 13.8 Å². The molecular formula is C23H45N7O5. The molecule has 0 aliphatic heterocycles. The molecule has 0 rings (SSSR count). The van der Waals surface area contributed by atoms with Crippen LogP contribution in [0.3, 0.4) is 0 Å². The molecule has 4 unspecified atom stereocenters. The van der Waals surface area contributed by atoms with E-state index in [-0.39, 0.29) is 43.1 Å². The van der Waals surface area contributed by atoms with Crippen LogP contribution in [0.5, 0.6) is 0 Å². The maximum Gasteiger partial charge on any atom is 0.326 e. The lowest BCUT2D eigenvalue weighted by molar-refractivity contribution is -0.142. The number of carboxylic acid groups (broad SMARTS) is 1. The van der Waals surface area contributed by atoms with E-state index in [1.165, 1.54) is 0 Å². The maximum atomic E-state index is 13.1. The summed E-state index contributed by atoms with van der Waals surface area (Å²) in [5.41, 5.74) is 16.5. The molecule has 12 heteroatoms. The highest BCUT2D eigenvalue weighted by Gasteiger charge is 2.31. The van der Waals surface area contributed by atoms with Gasteiger partial charge in [-0.05, 0) is 43.4 Å². The fourth-order valence-corrected chi connectivity index (χ4v) is 3.28. The first-order valence-electron chi connectivity index (χ1n) is 12.1. The standard InChI is InChI=1S/C23H45N7O5/c1-12(2)10-16(19(31)28-15(22(34)35)8-7-9-27-23(25)26)29-20(32)17(11-13(3)4)30-21(33)18(24)14(5)6/h12-18H,7-11,24H2,1-6H3,(H,28,31)(H,29,32)(H,30,33)(H,34,35)(H4,25,26,27). The third-order valence-electron chi connectivity index (χ3n) is 5.26. The molecule has 4 atom stereocenters. The van der Waals surface area contributed by atoms with Gasteiger partial charge in [-0.3, -0.25) is 19.4 Å². The van der Waals surface area contributed by atoms with Crippen LogP contribution in [-0.2, 0) is 19.2 Å². The highest BCUT2D eigenvalue weighted by atomic mass is 16.4. The minimum Gasteiger partial charge on any atom is -0.480 e. The van der Waals surface area contributed by atoms with Crippen molar-refractivity contribution in [1.82, 2.24) is 16.0 Å². The van der Waals surface area contributed by atoms with Gasteiger partial charge in [0.15, 0.2) is 5.96 Å². The van der Waals surface area contributed by atoms with Gasteiger partial charge in [0, 0.05) is 6.54 Å². The van der Waals surface area contributed by atoms with E-state index in [9.17, 15) is 24.3 Å². The highest BCUT2D eigenvalue weighted by Crippen LogP contribution is 2.11. The largest absolute Gasteiger partial charge is 0.480 e. The maximum absolute atomic E-state index is 13.1. The Morgan fingerprint density at radius 1 is 0.771 bits per heavy atom. The lowest BCUT2D eigenvalue weighted by atomic mass is 9.98. The summed E-state index contributed by atoms with van der Waals surface area (Å²) in [6.07, 6.45) is 1.08. The Balaban J connectivity index is 5.47. The van der Waals surface area contributed by atoms with Crippen molar-refractivity contribution in [2.45, 2.75) is 91.4 Å². The Morgan fingerprint density at radius 2 is 1.20 bits per heavy atom. The number of aliphatic carboxylic acids is 1. The molecule has 0 radical (unpaired) electrons. The van der Waals surface area contributed by atoms with Crippen LogP contribution in [0, 0.1) is 17.8 Å². The molecule has 35 heavy (non-hydrogen) atoms. The number of rotatable bonds is 16. The normalized spacial score (nSPS) is 14.7. The number of guanidine groups is 1. The number of carboxylic acids is 1. The van der Waals surface area contributed by atoms with Crippen molar-refractivity contribution >= 4 is 29.7 Å². The second kappa shape index (κ2) is 15.9. The molecule has 0 bridgehead atoms. The second-order valence-corrected chi connectivity index (χ2v) is 10.00. The zero-order valence-corrected chi connectivity index (χ0v) is 21.8. The summed E-state index contributed by atoms with van der Waals surface area (Å²) in [6, 6.07) is -3.81. The summed E-state index contributed by atoms with van der Waals surface area (Å²) in [4.78, 5) is 54.0. The zero-order chi connectivity index (χ0) is 27.3. The zero-order valence-electron chi connectivity index (χ0n) is 21.8. The fraction of sp³-hybridized carbons (Fsp3) is 0.783. The minimum atomic E-state index is -1.20. The molecule has 0 aliphatic rings. The summed E-state index contributed by atoms with van der Waals surface area (Å²) in [7, 11) is 0. The van der Waals surface area contributed by atoms with E-state index in [0.717, 1.165) is 0 Å². The fourth-order valence-electron chi connectivity index (χ4n) is 3.28. The summed E-state index contributed by atoms with van der Waals surface area (Å²) >= 11 is 0. The Kier molecular flexibility index (Phi) is 14.6. The molecule has 0 spiro atoms. The van der Waals surface area contributed by atoms with Gasteiger partial charge >= 0.3 is 5.97 Å². The smallest absolute Gasteiger partial charge is 0.326 e. The molecular weight excluding hydrogens is 454 g/mol. The summed E-state index contributed by atoms with van der Waals surface area (Å²) < 4.78 is 0. The van der Waals surface area contributed by atoms with Crippen molar-refractivity contribution in [3.63, 3.8) is 0 Å². The monoisotopic (exact) mass is 499 g/mol. The number of carbonyl (C=O) groups excluding carboxylic acids is 3. The number of hydrogen-bond acceptors (Lipinski definition) is 6. The van der Waals surface area contributed by atoms with Crippen LogP contribution in [0.1, 0.15) is 67.2 Å². The number of nitrogens with zero attached hydrogens (tertiary/aromatic N) is 1. The van der Waals surface area contributed by atoms with E-state index in [1.807, 2.05) is 27.7 Å². The van der Waals surface area contributed by atoms with Gasteiger partial charge in [-0.15, -0.1) is 0 Å². The van der Waals surface area contributed by atoms with Crippen molar-refractivity contribution in [1.29, 1.82) is 0 Å². The summed E-state index contributed by atoms with van der Waals surface area (Å²) in [5, 5.41) is 17.4. The van der Waals surface area contributed by atoms with E-state index >= 15 is 0 Å². The molecule has 0 fully saturated rings. The number of amides is 3. The molecule has 10 N–H and O–H groups in total. The number of aliphatic imine (C=N–C) groups is 1. The number of hydrogen-bond donors (Lipinski definition) is 7. The Bertz CT molecular complexity index is 736.